The maximum Gasteiger partial charge on any atom is 0.229 e. The summed E-state index contributed by atoms with van der Waals surface area (Å²) in [4.78, 5) is 0. The summed E-state index contributed by atoms with van der Waals surface area (Å²) in [6.45, 7) is 0. The number of nitrogens with two attached hydrogens (primary N) is 1. The van der Waals surface area contributed by atoms with Gasteiger partial charge in [0.25, 0.3) is 0 Å². The molecule has 0 aromatic heterocycles. The van der Waals surface area contributed by atoms with E-state index in [2.05, 4.69) is 4.72 Å². The summed E-state index contributed by atoms with van der Waals surface area (Å²) in [6.07, 6.45) is 1.08. The molecule has 0 heterocycles. The monoisotopic (exact) mass is 294 g/mol. The number of benzene rings is 2. The highest BCUT2D eigenvalue weighted by Gasteiger charge is 2.10. The van der Waals surface area contributed by atoms with Gasteiger partial charge in [0.1, 0.15) is 5.82 Å². The van der Waals surface area contributed by atoms with Gasteiger partial charge in [-0.2, -0.15) is 0 Å². The fourth-order valence-electron chi connectivity index (χ4n) is 1.87. The SMILES string of the molecule is CS(=O)(=O)Nc1cccc(C(N)c2ccc(F)cc2)c1. The van der Waals surface area contributed by atoms with Crippen molar-refractivity contribution in [3.8, 4) is 0 Å². The van der Waals surface area contributed by atoms with Crippen LogP contribution in [-0.4, -0.2) is 14.7 Å². The lowest BCUT2D eigenvalue weighted by Crippen LogP contribution is -2.13. The summed E-state index contributed by atoms with van der Waals surface area (Å²) in [7, 11) is -3.33. The Hall–Kier alpha value is -1.92. The summed E-state index contributed by atoms with van der Waals surface area (Å²) in [5, 5.41) is 0. The van der Waals surface area contributed by atoms with Gasteiger partial charge in [-0.3, -0.25) is 4.72 Å². The van der Waals surface area contributed by atoms with Crippen LogP contribution in [0.15, 0.2) is 48.5 Å². The second-order valence-corrected chi connectivity index (χ2v) is 6.28. The molecule has 0 aliphatic carbocycles. The van der Waals surface area contributed by atoms with Crippen LogP contribution in [0.2, 0.25) is 0 Å². The van der Waals surface area contributed by atoms with Crippen molar-refractivity contribution in [1.29, 1.82) is 0 Å². The number of sulfonamides is 1. The normalized spacial score (nSPS) is 12.9. The molecule has 4 nitrogen and oxygen atoms in total. The number of anilines is 1. The maximum absolute atomic E-state index is 12.9. The van der Waals surface area contributed by atoms with Crippen LogP contribution >= 0.6 is 0 Å². The van der Waals surface area contributed by atoms with Crippen molar-refractivity contribution in [3.63, 3.8) is 0 Å². The minimum Gasteiger partial charge on any atom is -0.320 e. The number of hydrogen-bond acceptors (Lipinski definition) is 3. The minimum atomic E-state index is -3.33. The van der Waals surface area contributed by atoms with E-state index in [9.17, 15) is 12.8 Å². The van der Waals surface area contributed by atoms with Gasteiger partial charge in [-0.25, -0.2) is 12.8 Å². The lowest BCUT2D eigenvalue weighted by molar-refractivity contribution is 0.606. The predicted molar refractivity (Wildman–Crippen MR) is 77.3 cm³/mol. The second kappa shape index (κ2) is 5.60. The molecule has 3 N–H and O–H groups in total. The molecule has 20 heavy (non-hydrogen) atoms. The van der Waals surface area contributed by atoms with Crippen molar-refractivity contribution in [2.45, 2.75) is 6.04 Å². The number of nitrogens with one attached hydrogen (secondary N) is 1. The van der Waals surface area contributed by atoms with Gasteiger partial charge in [0.15, 0.2) is 0 Å². The van der Waals surface area contributed by atoms with Gasteiger partial charge in [0, 0.05) is 5.69 Å². The zero-order valence-electron chi connectivity index (χ0n) is 10.9. The Morgan fingerprint density at radius 1 is 1.10 bits per heavy atom. The molecule has 0 amide bonds. The molecule has 0 aliphatic heterocycles. The predicted octanol–water partition coefficient (Wildman–Crippen LogP) is 2.25. The lowest BCUT2D eigenvalue weighted by Gasteiger charge is -2.14. The molecule has 0 aliphatic rings. The number of rotatable bonds is 4. The smallest absolute Gasteiger partial charge is 0.229 e. The summed E-state index contributed by atoms with van der Waals surface area (Å²) in [5.74, 6) is -0.326. The molecule has 2 aromatic rings. The van der Waals surface area contributed by atoms with Crippen LogP contribution < -0.4 is 10.5 Å². The first-order valence-corrected chi connectivity index (χ1v) is 7.83. The van der Waals surface area contributed by atoms with E-state index < -0.39 is 16.1 Å². The average molecular weight is 294 g/mol. The van der Waals surface area contributed by atoms with Gasteiger partial charge >= 0.3 is 0 Å². The largest absolute Gasteiger partial charge is 0.320 e. The Morgan fingerprint density at radius 2 is 1.75 bits per heavy atom. The Morgan fingerprint density at radius 3 is 2.35 bits per heavy atom. The maximum atomic E-state index is 12.9. The van der Waals surface area contributed by atoms with Crippen LogP contribution in [0, 0.1) is 5.82 Å². The molecule has 106 valence electrons. The molecule has 0 radical (unpaired) electrons. The first-order valence-electron chi connectivity index (χ1n) is 5.94. The summed E-state index contributed by atoms with van der Waals surface area (Å²) in [6, 6.07) is 12.3. The van der Waals surface area contributed by atoms with Crippen molar-refractivity contribution in [1.82, 2.24) is 0 Å². The molecule has 0 saturated heterocycles. The van der Waals surface area contributed by atoms with E-state index in [4.69, 9.17) is 5.73 Å². The third kappa shape index (κ3) is 3.79. The van der Waals surface area contributed by atoms with Crippen LogP contribution in [0.5, 0.6) is 0 Å². The third-order valence-electron chi connectivity index (χ3n) is 2.78. The standard InChI is InChI=1S/C14H15FN2O2S/c1-20(18,19)17-13-4-2-3-11(9-13)14(16)10-5-7-12(15)8-6-10/h2-9,14,17H,16H2,1H3. The zero-order valence-corrected chi connectivity index (χ0v) is 11.7. The van der Waals surface area contributed by atoms with Crippen LogP contribution in [0.1, 0.15) is 17.2 Å². The topological polar surface area (TPSA) is 72.2 Å². The third-order valence-corrected chi connectivity index (χ3v) is 3.38. The number of hydrogen-bond donors (Lipinski definition) is 2. The van der Waals surface area contributed by atoms with Crippen molar-refractivity contribution >= 4 is 15.7 Å². The van der Waals surface area contributed by atoms with Crippen molar-refractivity contribution < 1.29 is 12.8 Å². The summed E-state index contributed by atoms with van der Waals surface area (Å²) >= 11 is 0. The second-order valence-electron chi connectivity index (χ2n) is 4.53. The van der Waals surface area contributed by atoms with Crippen LogP contribution in [0.25, 0.3) is 0 Å². The fraction of sp³-hybridized carbons (Fsp3) is 0.143. The Bertz CT molecular complexity index is 699. The first kappa shape index (κ1) is 14.5. The van der Waals surface area contributed by atoms with Crippen LogP contribution in [0.4, 0.5) is 10.1 Å². The van der Waals surface area contributed by atoms with E-state index >= 15 is 0 Å². The molecule has 0 spiro atoms. The zero-order chi connectivity index (χ0) is 14.8. The summed E-state index contributed by atoms with van der Waals surface area (Å²) < 4.78 is 37.7. The van der Waals surface area contributed by atoms with E-state index in [1.54, 1.807) is 36.4 Å². The van der Waals surface area contributed by atoms with Crippen molar-refractivity contribution in [3.05, 3.63) is 65.5 Å². The molecule has 1 unspecified atom stereocenters. The molecule has 2 rings (SSSR count). The number of halogens is 1. The van der Waals surface area contributed by atoms with E-state index in [0.29, 0.717) is 5.69 Å². The van der Waals surface area contributed by atoms with E-state index in [0.717, 1.165) is 17.4 Å². The molecule has 2 aromatic carbocycles. The van der Waals surface area contributed by atoms with E-state index in [-0.39, 0.29) is 5.82 Å². The molecular weight excluding hydrogens is 279 g/mol. The fourth-order valence-corrected chi connectivity index (χ4v) is 2.43. The van der Waals surface area contributed by atoms with Crippen LogP contribution in [-0.2, 0) is 10.0 Å². The van der Waals surface area contributed by atoms with Gasteiger partial charge in [0.05, 0.1) is 12.3 Å². The highest BCUT2D eigenvalue weighted by Crippen LogP contribution is 2.22. The molecule has 0 fully saturated rings. The Labute approximate surface area is 117 Å². The average Bonchev–Trinajstić information content (AvgIpc) is 2.37. The molecule has 1 atom stereocenters. The van der Waals surface area contributed by atoms with Crippen molar-refractivity contribution in [2.75, 3.05) is 11.0 Å². The Kier molecular flexibility index (Phi) is 4.06. The highest BCUT2D eigenvalue weighted by atomic mass is 32.2. The first-order chi connectivity index (χ1) is 9.35. The minimum absolute atomic E-state index is 0.326. The molecule has 0 saturated carbocycles. The highest BCUT2D eigenvalue weighted by molar-refractivity contribution is 7.92. The molecule has 0 bridgehead atoms. The van der Waals surface area contributed by atoms with Gasteiger partial charge in [-0.1, -0.05) is 24.3 Å². The molecule has 6 heteroatoms. The summed E-state index contributed by atoms with van der Waals surface area (Å²) in [5.41, 5.74) is 8.04. The van der Waals surface area contributed by atoms with Gasteiger partial charge in [-0.15, -0.1) is 0 Å². The lowest BCUT2D eigenvalue weighted by atomic mass is 9.99. The van der Waals surface area contributed by atoms with Gasteiger partial charge < -0.3 is 5.73 Å². The molecular formula is C14H15FN2O2S. The Balaban J connectivity index is 2.28. The van der Waals surface area contributed by atoms with Crippen molar-refractivity contribution in [2.24, 2.45) is 5.73 Å². The van der Waals surface area contributed by atoms with Gasteiger partial charge in [-0.05, 0) is 35.4 Å². The van der Waals surface area contributed by atoms with E-state index in [1.807, 2.05) is 0 Å². The quantitative estimate of drug-likeness (QED) is 0.908. The van der Waals surface area contributed by atoms with E-state index in [1.165, 1.54) is 12.1 Å². The van der Waals surface area contributed by atoms with Crippen LogP contribution in [0.3, 0.4) is 0 Å². The van der Waals surface area contributed by atoms with Gasteiger partial charge in [0.2, 0.25) is 10.0 Å².